The van der Waals surface area contributed by atoms with Crippen LogP contribution in [0.4, 0.5) is 5.69 Å². The number of fused-ring (bicyclic) bond motifs is 1. The van der Waals surface area contributed by atoms with Gasteiger partial charge in [-0.25, -0.2) is 0 Å². The van der Waals surface area contributed by atoms with Crippen molar-refractivity contribution in [1.82, 2.24) is 0 Å². The quantitative estimate of drug-likeness (QED) is 0.227. The van der Waals surface area contributed by atoms with E-state index >= 15 is 0 Å². The summed E-state index contributed by atoms with van der Waals surface area (Å²) in [6, 6.07) is 19.2. The van der Waals surface area contributed by atoms with Crippen LogP contribution in [0.25, 0.3) is 6.08 Å². The van der Waals surface area contributed by atoms with Crippen molar-refractivity contribution in [3.05, 3.63) is 82.4 Å². The lowest BCUT2D eigenvalue weighted by Gasteiger charge is -2.17. The predicted molar refractivity (Wildman–Crippen MR) is 143 cm³/mol. The van der Waals surface area contributed by atoms with E-state index in [9.17, 15) is 10.1 Å². The minimum absolute atomic E-state index is 0.0243. The van der Waals surface area contributed by atoms with Crippen molar-refractivity contribution >= 4 is 17.7 Å². The van der Waals surface area contributed by atoms with Gasteiger partial charge in [0.05, 0.1) is 14.2 Å². The Kier molecular flexibility index (Phi) is 7.99. The van der Waals surface area contributed by atoms with Crippen molar-refractivity contribution in [3.63, 3.8) is 0 Å². The molecular weight excluding hydrogens is 468 g/mol. The minimum atomic E-state index is -0.339. The number of hydrogen-bond acceptors (Lipinski definition) is 6. The number of hydrogen-bond donors (Lipinski definition) is 0. The fourth-order valence-electron chi connectivity index (χ4n) is 4.24. The monoisotopic (exact) mass is 498 g/mol. The van der Waals surface area contributed by atoms with Crippen LogP contribution in [0.3, 0.4) is 0 Å². The van der Waals surface area contributed by atoms with Crippen molar-refractivity contribution in [1.29, 1.82) is 5.26 Å². The normalized spacial score (nSPS) is 12.5. The highest BCUT2D eigenvalue weighted by Crippen LogP contribution is 2.39. The van der Waals surface area contributed by atoms with Gasteiger partial charge in [0.15, 0.2) is 11.5 Å². The van der Waals surface area contributed by atoms with Gasteiger partial charge in [0.2, 0.25) is 5.75 Å². The molecule has 7 heteroatoms. The summed E-state index contributed by atoms with van der Waals surface area (Å²) in [5.41, 5.74) is 4.92. The molecule has 1 heterocycles. The van der Waals surface area contributed by atoms with Crippen molar-refractivity contribution in [2.24, 2.45) is 0 Å². The highest BCUT2D eigenvalue weighted by molar-refractivity contribution is 6.12. The van der Waals surface area contributed by atoms with E-state index in [1.165, 1.54) is 19.8 Å². The van der Waals surface area contributed by atoms with Crippen LogP contribution in [-0.2, 0) is 11.2 Å². The molecule has 3 aromatic rings. The summed E-state index contributed by atoms with van der Waals surface area (Å²) in [7, 11) is 3.05. The van der Waals surface area contributed by atoms with E-state index in [1.54, 1.807) is 23.1 Å². The van der Waals surface area contributed by atoms with E-state index in [0.717, 1.165) is 29.0 Å². The number of nitrogens with zero attached hydrogens (tertiary/aromatic N) is 2. The SMILES string of the molecule is COc1cc(C=C(C#N)C(=O)N2CCc3ccccc32)cc(OC)c1OCCOc1ccc(C)c(C)c1. The van der Waals surface area contributed by atoms with Gasteiger partial charge in [0.1, 0.15) is 30.6 Å². The van der Waals surface area contributed by atoms with E-state index in [0.29, 0.717) is 36.0 Å². The zero-order valence-corrected chi connectivity index (χ0v) is 21.5. The largest absolute Gasteiger partial charge is 0.493 e. The number of benzene rings is 3. The molecule has 0 radical (unpaired) electrons. The maximum absolute atomic E-state index is 13.2. The standard InChI is InChI=1S/C30H30N2O5/c1-20-9-10-25(15-21(20)2)36-13-14-37-29-27(34-3)17-22(18-28(29)35-4)16-24(19-31)30(33)32-12-11-23-7-5-6-8-26(23)32/h5-10,15-18H,11-14H2,1-4H3. The van der Waals surface area contributed by atoms with Crippen LogP contribution in [0.5, 0.6) is 23.0 Å². The smallest absolute Gasteiger partial charge is 0.268 e. The zero-order chi connectivity index (χ0) is 26.4. The van der Waals surface area contributed by atoms with E-state index in [4.69, 9.17) is 18.9 Å². The molecule has 7 nitrogen and oxygen atoms in total. The Labute approximate surface area is 217 Å². The van der Waals surface area contributed by atoms with E-state index in [-0.39, 0.29) is 18.1 Å². The van der Waals surface area contributed by atoms with Crippen molar-refractivity contribution in [2.75, 3.05) is 38.9 Å². The summed E-state index contributed by atoms with van der Waals surface area (Å²) >= 11 is 0. The number of nitriles is 1. The molecule has 0 aromatic heterocycles. The molecular formula is C30H30N2O5. The number of amides is 1. The number of methoxy groups -OCH3 is 2. The van der Waals surface area contributed by atoms with Gasteiger partial charge in [-0.1, -0.05) is 24.3 Å². The molecule has 1 aliphatic heterocycles. The van der Waals surface area contributed by atoms with Gasteiger partial charge in [-0.2, -0.15) is 5.26 Å². The minimum Gasteiger partial charge on any atom is -0.493 e. The lowest BCUT2D eigenvalue weighted by molar-refractivity contribution is -0.114. The molecule has 0 spiro atoms. The third kappa shape index (κ3) is 5.70. The lowest BCUT2D eigenvalue weighted by atomic mass is 10.1. The Balaban J connectivity index is 1.50. The average Bonchev–Trinajstić information content (AvgIpc) is 3.35. The van der Waals surface area contributed by atoms with Crippen LogP contribution in [-0.4, -0.2) is 39.9 Å². The van der Waals surface area contributed by atoms with Crippen LogP contribution in [0.15, 0.2) is 60.2 Å². The molecule has 1 amide bonds. The molecule has 3 aromatic carbocycles. The summed E-state index contributed by atoms with van der Waals surface area (Å²) in [5, 5.41) is 9.78. The van der Waals surface area contributed by atoms with Crippen molar-refractivity contribution in [2.45, 2.75) is 20.3 Å². The van der Waals surface area contributed by atoms with Gasteiger partial charge in [-0.3, -0.25) is 4.79 Å². The summed E-state index contributed by atoms with van der Waals surface area (Å²) in [6.45, 7) is 5.24. The Morgan fingerprint density at radius 1 is 0.973 bits per heavy atom. The van der Waals surface area contributed by atoms with E-state index in [1.807, 2.05) is 49.4 Å². The molecule has 0 N–H and O–H groups in total. The second kappa shape index (κ2) is 11.5. The molecule has 0 saturated carbocycles. The summed E-state index contributed by atoms with van der Waals surface area (Å²) in [6.07, 6.45) is 2.31. The molecule has 190 valence electrons. The fourth-order valence-corrected chi connectivity index (χ4v) is 4.24. The maximum Gasteiger partial charge on any atom is 0.268 e. The van der Waals surface area contributed by atoms with Crippen molar-refractivity contribution in [3.8, 4) is 29.1 Å². The first-order valence-corrected chi connectivity index (χ1v) is 12.1. The number of carbonyl (C=O) groups excluding carboxylic acids is 1. The van der Waals surface area contributed by atoms with Crippen LogP contribution >= 0.6 is 0 Å². The first-order valence-electron chi connectivity index (χ1n) is 12.1. The number of para-hydroxylation sites is 1. The van der Waals surface area contributed by atoms with Crippen LogP contribution < -0.4 is 23.8 Å². The Hall–Kier alpha value is -4.44. The highest BCUT2D eigenvalue weighted by Gasteiger charge is 2.27. The second-order valence-corrected chi connectivity index (χ2v) is 8.70. The van der Waals surface area contributed by atoms with Crippen molar-refractivity contribution < 1.29 is 23.7 Å². The first kappa shape index (κ1) is 25.6. The predicted octanol–water partition coefficient (Wildman–Crippen LogP) is 5.27. The van der Waals surface area contributed by atoms with Gasteiger partial charge < -0.3 is 23.8 Å². The molecule has 0 saturated heterocycles. The molecule has 37 heavy (non-hydrogen) atoms. The second-order valence-electron chi connectivity index (χ2n) is 8.70. The molecule has 0 bridgehead atoms. The number of aryl methyl sites for hydroxylation is 2. The van der Waals surface area contributed by atoms with Crippen LogP contribution in [0, 0.1) is 25.2 Å². The third-order valence-electron chi connectivity index (χ3n) is 6.35. The third-order valence-corrected chi connectivity index (χ3v) is 6.35. The van der Waals surface area contributed by atoms with E-state index < -0.39 is 0 Å². The lowest BCUT2D eigenvalue weighted by Crippen LogP contribution is -2.29. The van der Waals surface area contributed by atoms with Gasteiger partial charge >= 0.3 is 0 Å². The van der Waals surface area contributed by atoms with Gasteiger partial charge in [-0.05, 0) is 78.9 Å². The molecule has 0 atom stereocenters. The van der Waals surface area contributed by atoms with Gasteiger partial charge in [0, 0.05) is 12.2 Å². The molecule has 4 rings (SSSR count). The topological polar surface area (TPSA) is 81.0 Å². The maximum atomic E-state index is 13.2. The fraction of sp³-hybridized carbons (Fsp3) is 0.267. The number of carbonyl (C=O) groups is 1. The Bertz CT molecular complexity index is 1350. The average molecular weight is 499 g/mol. The van der Waals surface area contributed by atoms with Gasteiger partial charge in [0.25, 0.3) is 5.91 Å². The molecule has 1 aliphatic rings. The number of ether oxygens (including phenoxy) is 4. The number of rotatable bonds is 9. The number of anilines is 1. The summed E-state index contributed by atoms with van der Waals surface area (Å²) in [4.78, 5) is 14.8. The summed E-state index contributed by atoms with van der Waals surface area (Å²) in [5.74, 6) is 1.71. The first-order chi connectivity index (χ1) is 17.9. The Morgan fingerprint density at radius 2 is 1.68 bits per heavy atom. The van der Waals surface area contributed by atoms with Crippen LogP contribution in [0.2, 0.25) is 0 Å². The van der Waals surface area contributed by atoms with Gasteiger partial charge in [-0.15, -0.1) is 0 Å². The summed E-state index contributed by atoms with van der Waals surface area (Å²) < 4.78 is 22.8. The zero-order valence-electron chi connectivity index (χ0n) is 21.5. The molecule has 0 aliphatic carbocycles. The highest BCUT2D eigenvalue weighted by atomic mass is 16.6. The van der Waals surface area contributed by atoms with Crippen LogP contribution in [0.1, 0.15) is 22.3 Å². The Morgan fingerprint density at radius 3 is 2.35 bits per heavy atom. The molecule has 0 fully saturated rings. The molecule has 0 unspecified atom stereocenters. The van der Waals surface area contributed by atoms with E-state index in [2.05, 4.69) is 13.0 Å².